The lowest BCUT2D eigenvalue weighted by Crippen LogP contribution is -2.08. The van der Waals surface area contributed by atoms with E-state index in [4.69, 9.17) is 0 Å². The van der Waals surface area contributed by atoms with E-state index in [0.717, 1.165) is 24.0 Å². The van der Waals surface area contributed by atoms with Crippen LogP contribution in [0.5, 0.6) is 0 Å². The quantitative estimate of drug-likeness (QED) is 0.332. The van der Waals surface area contributed by atoms with Crippen LogP contribution in [0.2, 0.25) is 0 Å². The third-order valence-corrected chi connectivity index (χ3v) is 5.73. The van der Waals surface area contributed by atoms with Crippen LogP contribution in [-0.4, -0.2) is 10.9 Å². The van der Waals surface area contributed by atoms with Crippen LogP contribution >= 0.6 is 0 Å². The monoisotopic (exact) mass is 370 g/mol. The normalized spacial score (nSPS) is 15.6. The number of hydrogen-bond acceptors (Lipinski definition) is 2. The second-order valence-electron chi connectivity index (χ2n) is 8.05. The fourth-order valence-electron chi connectivity index (χ4n) is 3.99. The fraction of sp³-hybridized carbons (Fsp3) is 0.640. The summed E-state index contributed by atoms with van der Waals surface area (Å²) in [5.74, 6) is 0.113. The molecule has 0 saturated carbocycles. The number of ketones is 1. The zero-order valence-electron chi connectivity index (χ0n) is 17.2. The maximum Gasteiger partial charge on any atom is 0.161 e. The van der Waals surface area contributed by atoms with Crippen molar-refractivity contribution in [2.75, 3.05) is 0 Å². The summed E-state index contributed by atoms with van der Waals surface area (Å²) in [6.45, 7) is 2.27. The number of aliphatic hydroxyl groups is 1. The molecule has 2 heteroatoms. The van der Waals surface area contributed by atoms with Crippen molar-refractivity contribution in [3.63, 3.8) is 0 Å². The van der Waals surface area contributed by atoms with Crippen molar-refractivity contribution in [1.29, 1.82) is 0 Å². The number of unbranched alkanes of at least 4 members (excludes halogenated alkanes) is 12. The number of benzene rings is 1. The van der Waals surface area contributed by atoms with Crippen LogP contribution in [0.1, 0.15) is 114 Å². The second-order valence-corrected chi connectivity index (χ2v) is 8.05. The van der Waals surface area contributed by atoms with Crippen LogP contribution < -0.4 is 0 Å². The van der Waals surface area contributed by atoms with E-state index in [1.807, 2.05) is 30.3 Å². The largest absolute Gasteiger partial charge is 0.384 e. The Labute approximate surface area is 166 Å². The molecule has 1 atom stereocenters. The lowest BCUT2D eigenvalue weighted by molar-refractivity contribution is -0.116. The molecule has 1 aromatic carbocycles. The number of Topliss-reactive ketones (excluding diaryl/α,β-unsaturated/α-hetero) is 1. The lowest BCUT2D eigenvalue weighted by atomic mass is 9.99. The van der Waals surface area contributed by atoms with Crippen LogP contribution in [0.3, 0.4) is 0 Å². The maximum absolute atomic E-state index is 12.4. The van der Waals surface area contributed by atoms with E-state index in [9.17, 15) is 9.90 Å². The molecule has 1 aliphatic carbocycles. The van der Waals surface area contributed by atoms with E-state index >= 15 is 0 Å². The molecule has 1 aliphatic rings. The highest BCUT2D eigenvalue weighted by Gasteiger charge is 2.26. The van der Waals surface area contributed by atoms with E-state index in [0.29, 0.717) is 12.0 Å². The summed E-state index contributed by atoms with van der Waals surface area (Å²) in [4.78, 5) is 12.4. The average Bonchev–Trinajstić information content (AvgIpc) is 3.02. The molecule has 1 aromatic rings. The average molecular weight is 371 g/mol. The van der Waals surface area contributed by atoms with E-state index in [1.165, 1.54) is 70.6 Å². The van der Waals surface area contributed by atoms with Gasteiger partial charge < -0.3 is 5.11 Å². The molecule has 0 spiro atoms. The summed E-state index contributed by atoms with van der Waals surface area (Å²) in [6, 6.07) is 7.73. The third kappa shape index (κ3) is 7.62. The maximum atomic E-state index is 12.4. The first-order valence-corrected chi connectivity index (χ1v) is 11.3. The zero-order chi connectivity index (χ0) is 19.3. The molecule has 0 bridgehead atoms. The standard InChI is InChI=1S/C25H38O2/c1-2-3-4-5-6-7-8-9-10-11-12-13-14-19-24(26)23-20-21-17-15-16-18-22(21)25(23)27/h15-18,20,25,27H,2-14,19H2,1H3. The molecule has 0 heterocycles. The number of carbonyl (C=O) groups is 1. The van der Waals surface area contributed by atoms with E-state index in [1.54, 1.807) is 0 Å². The van der Waals surface area contributed by atoms with E-state index in [-0.39, 0.29) is 5.78 Å². The predicted molar refractivity (Wildman–Crippen MR) is 115 cm³/mol. The summed E-state index contributed by atoms with van der Waals surface area (Å²) in [5.41, 5.74) is 2.43. The number of rotatable bonds is 15. The van der Waals surface area contributed by atoms with Crippen molar-refractivity contribution < 1.29 is 9.90 Å². The third-order valence-electron chi connectivity index (χ3n) is 5.73. The molecule has 0 aliphatic heterocycles. The van der Waals surface area contributed by atoms with Gasteiger partial charge in [-0.15, -0.1) is 0 Å². The van der Waals surface area contributed by atoms with Crippen molar-refractivity contribution in [3.8, 4) is 0 Å². The van der Waals surface area contributed by atoms with Gasteiger partial charge in [0.15, 0.2) is 5.78 Å². The van der Waals surface area contributed by atoms with E-state index in [2.05, 4.69) is 6.92 Å². The van der Waals surface area contributed by atoms with Gasteiger partial charge in [0, 0.05) is 12.0 Å². The minimum atomic E-state index is -0.726. The Morgan fingerprint density at radius 3 is 1.89 bits per heavy atom. The van der Waals surface area contributed by atoms with Gasteiger partial charge in [0.05, 0.1) is 0 Å². The molecule has 0 amide bonds. The van der Waals surface area contributed by atoms with Gasteiger partial charge in [-0.1, -0.05) is 108 Å². The van der Waals surface area contributed by atoms with Gasteiger partial charge in [-0.05, 0) is 23.6 Å². The number of carbonyl (C=O) groups excluding carboxylic acids is 1. The van der Waals surface area contributed by atoms with Crippen molar-refractivity contribution in [3.05, 3.63) is 41.0 Å². The molecule has 0 fully saturated rings. The minimum Gasteiger partial charge on any atom is -0.384 e. The molecule has 150 valence electrons. The molecule has 0 aromatic heterocycles. The Morgan fingerprint density at radius 2 is 1.33 bits per heavy atom. The molecule has 1 unspecified atom stereocenters. The highest BCUT2D eigenvalue weighted by molar-refractivity contribution is 6.02. The lowest BCUT2D eigenvalue weighted by Gasteiger charge is -2.09. The minimum absolute atomic E-state index is 0.113. The summed E-state index contributed by atoms with van der Waals surface area (Å²) in [6.07, 6.45) is 18.7. The topological polar surface area (TPSA) is 37.3 Å². The SMILES string of the molecule is CCCCCCCCCCCCCCCC(=O)C1=Cc2ccccc2C1O. The Bertz CT molecular complexity index is 588. The highest BCUT2D eigenvalue weighted by atomic mass is 16.3. The van der Waals surface area contributed by atoms with Gasteiger partial charge in [0.25, 0.3) is 0 Å². The Hall–Kier alpha value is -1.41. The Morgan fingerprint density at radius 1 is 0.815 bits per heavy atom. The van der Waals surface area contributed by atoms with Gasteiger partial charge in [-0.2, -0.15) is 0 Å². The van der Waals surface area contributed by atoms with Crippen LogP contribution in [-0.2, 0) is 4.79 Å². The molecule has 27 heavy (non-hydrogen) atoms. The number of fused-ring (bicyclic) bond motifs is 1. The first-order chi connectivity index (χ1) is 13.2. The first-order valence-electron chi connectivity index (χ1n) is 11.3. The summed E-state index contributed by atoms with van der Waals surface area (Å²) in [5, 5.41) is 10.3. The zero-order valence-corrected chi connectivity index (χ0v) is 17.2. The molecular weight excluding hydrogens is 332 g/mol. The van der Waals surface area contributed by atoms with Crippen LogP contribution in [0.4, 0.5) is 0 Å². The van der Waals surface area contributed by atoms with E-state index < -0.39 is 6.10 Å². The Balaban J connectivity index is 1.45. The predicted octanol–water partition coefficient (Wildman–Crippen LogP) is 7.17. The van der Waals surface area contributed by atoms with Gasteiger partial charge in [0.1, 0.15) is 6.10 Å². The van der Waals surface area contributed by atoms with Crippen LogP contribution in [0, 0.1) is 0 Å². The summed E-state index contributed by atoms with van der Waals surface area (Å²) in [7, 11) is 0. The van der Waals surface area contributed by atoms with Crippen molar-refractivity contribution in [2.45, 2.75) is 103 Å². The molecule has 0 saturated heterocycles. The molecule has 2 rings (SSSR count). The van der Waals surface area contributed by atoms with Gasteiger partial charge in [-0.3, -0.25) is 4.79 Å². The number of aliphatic hydroxyl groups excluding tert-OH is 1. The first kappa shape index (κ1) is 21.9. The van der Waals surface area contributed by atoms with Crippen LogP contribution in [0.15, 0.2) is 29.8 Å². The molecule has 2 nitrogen and oxygen atoms in total. The van der Waals surface area contributed by atoms with Gasteiger partial charge >= 0.3 is 0 Å². The fourth-order valence-corrected chi connectivity index (χ4v) is 3.99. The van der Waals surface area contributed by atoms with Crippen molar-refractivity contribution >= 4 is 11.9 Å². The van der Waals surface area contributed by atoms with Crippen molar-refractivity contribution in [2.24, 2.45) is 0 Å². The van der Waals surface area contributed by atoms with Crippen molar-refractivity contribution in [1.82, 2.24) is 0 Å². The second kappa shape index (κ2) is 12.9. The van der Waals surface area contributed by atoms with Gasteiger partial charge in [0.2, 0.25) is 0 Å². The van der Waals surface area contributed by atoms with Gasteiger partial charge in [-0.25, -0.2) is 0 Å². The van der Waals surface area contributed by atoms with Crippen LogP contribution in [0.25, 0.3) is 6.08 Å². The smallest absolute Gasteiger partial charge is 0.161 e. The molecule has 0 radical (unpaired) electrons. The summed E-state index contributed by atoms with van der Waals surface area (Å²) < 4.78 is 0. The molecule has 1 N–H and O–H groups in total. The summed E-state index contributed by atoms with van der Waals surface area (Å²) >= 11 is 0. The number of hydrogen-bond donors (Lipinski definition) is 1. The highest BCUT2D eigenvalue weighted by Crippen LogP contribution is 2.35. The Kier molecular flexibility index (Phi) is 10.4. The molecular formula is C25H38O2.